The summed E-state index contributed by atoms with van der Waals surface area (Å²) in [6, 6.07) is 13.4. The van der Waals surface area contributed by atoms with Crippen molar-refractivity contribution in [2.45, 2.75) is 52.5 Å². The summed E-state index contributed by atoms with van der Waals surface area (Å²) in [7, 11) is 0. The van der Waals surface area contributed by atoms with Crippen LogP contribution >= 0.6 is 11.6 Å². The normalized spacial score (nSPS) is 17.4. The molecule has 0 saturated heterocycles. The minimum absolute atomic E-state index is 0.0757. The first-order chi connectivity index (χ1) is 15.7. The zero-order valence-electron chi connectivity index (χ0n) is 19.9. The standard InChI is InChI=1S/C26H34ClN3O3/c1-5-29(6-2)21-12-10-20(11-13-21)28-24(31)26(30(25(32)33)17-18(3)4)15-14-19-8-7-9-23(27)22(19)16-26/h7-13,18H,5-6,14-17H2,1-4H3,(H,28,31)(H,32,33)/t26-/m1/s1. The van der Waals surface area contributed by atoms with Crippen LogP contribution < -0.4 is 10.2 Å². The third kappa shape index (κ3) is 5.27. The summed E-state index contributed by atoms with van der Waals surface area (Å²) in [4.78, 5) is 29.7. The van der Waals surface area contributed by atoms with E-state index in [0.717, 1.165) is 29.9 Å². The van der Waals surface area contributed by atoms with Gasteiger partial charge in [0.05, 0.1) is 0 Å². The van der Waals surface area contributed by atoms with Crippen LogP contribution in [0.4, 0.5) is 16.2 Å². The average Bonchev–Trinajstić information content (AvgIpc) is 2.79. The minimum atomic E-state index is -1.23. The van der Waals surface area contributed by atoms with Gasteiger partial charge in [0.15, 0.2) is 0 Å². The van der Waals surface area contributed by atoms with Crippen LogP contribution in [0.15, 0.2) is 42.5 Å². The molecule has 0 bridgehead atoms. The van der Waals surface area contributed by atoms with Gasteiger partial charge in [0.1, 0.15) is 5.54 Å². The van der Waals surface area contributed by atoms with Crippen LogP contribution in [0.2, 0.25) is 5.02 Å². The molecular weight excluding hydrogens is 438 g/mol. The lowest BCUT2D eigenvalue weighted by Gasteiger charge is -2.45. The summed E-state index contributed by atoms with van der Waals surface area (Å²) >= 11 is 6.50. The Hall–Kier alpha value is -2.73. The molecule has 0 spiro atoms. The Morgan fingerprint density at radius 2 is 1.79 bits per heavy atom. The molecule has 0 fully saturated rings. The molecule has 0 aliphatic heterocycles. The van der Waals surface area contributed by atoms with Gasteiger partial charge in [0.25, 0.3) is 5.91 Å². The summed E-state index contributed by atoms with van der Waals surface area (Å²) < 4.78 is 0. The summed E-state index contributed by atoms with van der Waals surface area (Å²) in [5.41, 5.74) is 2.43. The molecule has 6 nitrogen and oxygen atoms in total. The number of rotatable bonds is 8. The Labute approximate surface area is 201 Å². The van der Waals surface area contributed by atoms with Crippen LogP contribution in [0.3, 0.4) is 0 Å². The number of hydrogen-bond donors (Lipinski definition) is 2. The molecule has 2 amide bonds. The van der Waals surface area contributed by atoms with Gasteiger partial charge in [0, 0.05) is 42.5 Å². The van der Waals surface area contributed by atoms with E-state index in [1.807, 2.05) is 50.2 Å². The topological polar surface area (TPSA) is 72.9 Å². The number of aryl methyl sites for hydroxylation is 1. The summed E-state index contributed by atoms with van der Waals surface area (Å²) in [5.74, 6) is -0.238. The maximum Gasteiger partial charge on any atom is 0.408 e. The molecule has 1 aliphatic carbocycles. The number of nitrogens with zero attached hydrogens (tertiary/aromatic N) is 2. The lowest BCUT2D eigenvalue weighted by atomic mass is 9.75. The van der Waals surface area contributed by atoms with Gasteiger partial charge < -0.3 is 15.3 Å². The largest absolute Gasteiger partial charge is 0.465 e. The Morgan fingerprint density at radius 1 is 1.12 bits per heavy atom. The molecule has 0 aromatic heterocycles. The van der Waals surface area contributed by atoms with Gasteiger partial charge in [0.2, 0.25) is 0 Å². The fourth-order valence-electron chi connectivity index (χ4n) is 4.70. The van der Waals surface area contributed by atoms with Crippen LogP contribution in [0.1, 0.15) is 45.2 Å². The van der Waals surface area contributed by atoms with E-state index in [4.69, 9.17) is 11.6 Å². The summed E-state index contributed by atoms with van der Waals surface area (Å²) in [6.45, 7) is 10.2. The highest BCUT2D eigenvalue weighted by Gasteiger charge is 2.49. The Kier molecular flexibility index (Phi) is 7.90. The predicted molar refractivity (Wildman–Crippen MR) is 134 cm³/mol. The highest BCUT2D eigenvalue weighted by molar-refractivity contribution is 6.31. The van der Waals surface area contributed by atoms with Crippen LogP contribution in [0.25, 0.3) is 0 Å². The molecule has 2 N–H and O–H groups in total. The highest BCUT2D eigenvalue weighted by atomic mass is 35.5. The zero-order valence-corrected chi connectivity index (χ0v) is 20.7. The van der Waals surface area contributed by atoms with E-state index in [-0.39, 0.29) is 24.8 Å². The molecule has 0 saturated carbocycles. The lowest BCUT2D eigenvalue weighted by Crippen LogP contribution is -2.62. The number of nitrogens with one attached hydrogen (secondary N) is 1. The fraction of sp³-hybridized carbons (Fsp3) is 0.462. The second-order valence-electron chi connectivity index (χ2n) is 9.05. The van der Waals surface area contributed by atoms with Crippen molar-refractivity contribution < 1.29 is 14.7 Å². The van der Waals surface area contributed by atoms with E-state index in [1.165, 1.54) is 4.90 Å². The molecule has 7 heteroatoms. The number of carboxylic acid groups (broad SMARTS) is 1. The van der Waals surface area contributed by atoms with Gasteiger partial charge >= 0.3 is 6.09 Å². The third-order valence-corrected chi connectivity index (χ3v) is 6.82. The number of halogens is 1. The molecule has 0 heterocycles. The van der Waals surface area contributed by atoms with Crippen molar-refractivity contribution in [3.05, 3.63) is 58.6 Å². The molecule has 3 rings (SSSR count). The minimum Gasteiger partial charge on any atom is -0.465 e. The SMILES string of the molecule is CCN(CC)c1ccc(NC(=O)[C@@]2(N(CC(C)C)C(=O)O)CCc3cccc(Cl)c3C2)cc1. The smallest absolute Gasteiger partial charge is 0.408 e. The van der Waals surface area contributed by atoms with Crippen LogP contribution in [-0.2, 0) is 17.6 Å². The Bertz CT molecular complexity index is 989. The van der Waals surface area contributed by atoms with Gasteiger partial charge in [-0.25, -0.2) is 4.79 Å². The van der Waals surface area contributed by atoms with E-state index in [1.54, 1.807) is 6.07 Å². The molecule has 2 aromatic rings. The van der Waals surface area contributed by atoms with Crippen LogP contribution in [0.5, 0.6) is 0 Å². The van der Waals surface area contributed by atoms with E-state index in [0.29, 0.717) is 23.6 Å². The number of amides is 2. The first-order valence-corrected chi connectivity index (χ1v) is 12.0. The monoisotopic (exact) mass is 471 g/mol. The van der Waals surface area contributed by atoms with Gasteiger partial charge in [-0.3, -0.25) is 9.69 Å². The van der Waals surface area contributed by atoms with E-state index < -0.39 is 11.6 Å². The predicted octanol–water partition coefficient (Wildman–Crippen LogP) is 5.69. The molecule has 1 aliphatic rings. The van der Waals surface area contributed by atoms with Gasteiger partial charge in [-0.05, 0) is 74.1 Å². The number of carbonyl (C=O) groups excluding carboxylic acids is 1. The molecule has 33 heavy (non-hydrogen) atoms. The molecular formula is C26H34ClN3O3. The molecule has 0 radical (unpaired) electrons. The average molecular weight is 472 g/mol. The van der Waals surface area contributed by atoms with Crippen LogP contribution in [0, 0.1) is 5.92 Å². The van der Waals surface area contributed by atoms with Crippen LogP contribution in [-0.4, -0.2) is 47.2 Å². The van der Waals surface area contributed by atoms with Crippen molar-refractivity contribution in [2.24, 2.45) is 5.92 Å². The van der Waals surface area contributed by atoms with Crippen molar-refractivity contribution >= 4 is 35.0 Å². The van der Waals surface area contributed by atoms with E-state index in [9.17, 15) is 14.7 Å². The van der Waals surface area contributed by atoms with Crippen molar-refractivity contribution in [1.29, 1.82) is 0 Å². The molecule has 0 unspecified atom stereocenters. The fourth-order valence-corrected chi connectivity index (χ4v) is 4.96. The maximum absolute atomic E-state index is 13.8. The molecule has 2 aromatic carbocycles. The first kappa shape index (κ1) is 24.9. The Morgan fingerprint density at radius 3 is 2.36 bits per heavy atom. The quantitative estimate of drug-likeness (QED) is 0.518. The number of fused-ring (bicyclic) bond motifs is 1. The Balaban J connectivity index is 1.97. The second kappa shape index (κ2) is 10.5. The van der Waals surface area contributed by atoms with E-state index >= 15 is 0 Å². The van der Waals surface area contributed by atoms with Crippen molar-refractivity contribution in [1.82, 2.24) is 4.90 Å². The number of anilines is 2. The summed E-state index contributed by atoms with van der Waals surface area (Å²) in [6.07, 6.45) is 0.158. The second-order valence-corrected chi connectivity index (χ2v) is 9.45. The van der Waals surface area contributed by atoms with Gasteiger partial charge in [-0.1, -0.05) is 37.6 Å². The molecule has 1 atom stereocenters. The lowest BCUT2D eigenvalue weighted by molar-refractivity contribution is -0.128. The number of hydrogen-bond acceptors (Lipinski definition) is 3. The maximum atomic E-state index is 13.8. The van der Waals surface area contributed by atoms with E-state index in [2.05, 4.69) is 24.1 Å². The number of carbonyl (C=O) groups is 2. The van der Waals surface area contributed by atoms with Gasteiger partial charge in [-0.15, -0.1) is 0 Å². The summed E-state index contributed by atoms with van der Waals surface area (Å²) in [5, 5.41) is 13.7. The van der Waals surface area contributed by atoms with Crippen molar-refractivity contribution in [3.8, 4) is 0 Å². The zero-order chi connectivity index (χ0) is 24.2. The number of benzene rings is 2. The molecule has 178 valence electrons. The van der Waals surface area contributed by atoms with Crippen molar-refractivity contribution in [3.63, 3.8) is 0 Å². The van der Waals surface area contributed by atoms with Gasteiger partial charge in [-0.2, -0.15) is 0 Å². The van der Waals surface area contributed by atoms with Crippen molar-refractivity contribution in [2.75, 3.05) is 29.9 Å². The highest BCUT2D eigenvalue weighted by Crippen LogP contribution is 2.38. The first-order valence-electron chi connectivity index (χ1n) is 11.6. The third-order valence-electron chi connectivity index (χ3n) is 6.46.